The Kier molecular flexibility index (Phi) is 11.1. The van der Waals surface area contributed by atoms with Crippen LogP contribution in [0.2, 0.25) is 0 Å². The summed E-state index contributed by atoms with van der Waals surface area (Å²) in [5.74, 6) is -1.25. The highest BCUT2D eigenvalue weighted by Crippen LogP contribution is 2.23. The molecule has 252 valence electrons. The van der Waals surface area contributed by atoms with E-state index in [0.717, 1.165) is 0 Å². The molecule has 0 saturated carbocycles. The van der Waals surface area contributed by atoms with Gasteiger partial charge in [0.05, 0.1) is 34.5 Å². The first-order valence-corrected chi connectivity index (χ1v) is 19.0. The largest absolute Gasteiger partial charge is 0.397 e. The maximum absolute atomic E-state index is 12.5. The van der Waals surface area contributed by atoms with Gasteiger partial charge in [-0.1, -0.05) is 18.2 Å². The number of benzene rings is 3. The van der Waals surface area contributed by atoms with Crippen LogP contribution in [0.25, 0.3) is 0 Å². The van der Waals surface area contributed by atoms with Crippen LogP contribution in [-0.4, -0.2) is 82.4 Å². The lowest BCUT2D eigenvalue weighted by molar-refractivity contribution is 0.282. The van der Waals surface area contributed by atoms with Crippen LogP contribution < -0.4 is 16.0 Å². The first kappa shape index (κ1) is 35.6. The summed E-state index contributed by atoms with van der Waals surface area (Å²) in [6.07, 6.45) is 0. The Morgan fingerprint density at radius 1 is 0.489 bits per heavy atom. The molecule has 0 aliphatic carbocycles. The van der Waals surface area contributed by atoms with Crippen molar-refractivity contribution in [3.8, 4) is 0 Å². The highest BCUT2D eigenvalue weighted by molar-refractivity contribution is 7.91. The number of para-hydroxylation sites is 1. The zero-order valence-electron chi connectivity index (χ0n) is 23.8. The molecule has 4 rings (SSSR count). The summed E-state index contributed by atoms with van der Waals surface area (Å²) in [6.45, 7) is -1.55. The molecule has 1 aromatic heterocycles. The average molecular weight is 731 g/mol. The smallest absolute Gasteiger partial charge is 0.324 e. The molecule has 47 heavy (non-hydrogen) atoms. The summed E-state index contributed by atoms with van der Waals surface area (Å²) in [5, 5.41) is 8.89. The molecule has 0 aliphatic heterocycles. The predicted octanol–water partition coefficient (Wildman–Crippen LogP) is 2.29. The van der Waals surface area contributed by atoms with Crippen molar-refractivity contribution in [1.29, 1.82) is 0 Å². The lowest BCUT2D eigenvalue weighted by Gasteiger charge is -2.12. The molecule has 0 atom stereocenters. The molecule has 4 aromatic rings. The number of hydrogen-bond acceptors (Lipinski definition) is 16. The van der Waals surface area contributed by atoms with Crippen LogP contribution in [0.5, 0.6) is 0 Å². The van der Waals surface area contributed by atoms with Crippen molar-refractivity contribution in [1.82, 2.24) is 15.0 Å². The van der Waals surface area contributed by atoms with Gasteiger partial charge in [0.2, 0.25) is 17.8 Å². The van der Waals surface area contributed by atoms with E-state index in [-0.39, 0.29) is 27.6 Å². The van der Waals surface area contributed by atoms with Gasteiger partial charge in [0.25, 0.3) is 0 Å². The number of aromatic nitrogens is 3. The van der Waals surface area contributed by atoms with Gasteiger partial charge in [-0.2, -0.15) is 31.8 Å². The number of rotatable bonds is 16. The van der Waals surface area contributed by atoms with Gasteiger partial charge in [0.15, 0.2) is 19.7 Å². The maximum Gasteiger partial charge on any atom is 0.397 e. The molecule has 0 spiro atoms. The zero-order chi connectivity index (χ0) is 34.3. The van der Waals surface area contributed by atoms with Gasteiger partial charge in [-0.25, -0.2) is 25.2 Å². The van der Waals surface area contributed by atoms with E-state index in [1.165, 1.54) is 48.5 Å². The van der Waals surface area contributed by atoms with Crippen LogP contribution in [0.4, 0.5) is 34.9 Å². The number of sulfone groups is 2. The number of anilines is 6. The Morgan fingerprint density at radius 2 is 0.809 bits per heavy atom. The molecule has 1 heterocycles. The molecular weight excluding hydrogens is 705 g/mol. The van der Waals surface area contributed by atoms with Gasteiger partial charge in [-0.3, -0.25) is 9.11 Å². The van der Waals surface area contributed by atoms with E-state index < -0.39 is 65.2 Å². The van der Waals surface area contributed by atoms with E-state index in [9.17, 15) is 33.7 Å². The second-order valence-corrected chi connectivity index (χ2v) is 15.6. The first-order chi connectivity index (χ1) is 22.0. The van der Waals surface area contributed by atoms with Crippen molar-refractivity contribution in [2.75, 3.05) is 40.7 Å². The molecule has 0 saturated heterocycles. The number of nitrogens with one attached hydrogen (secondary N) is 3. The number of hydrogen-bond donors (Lipinski definition) is 5. The Balaban J connectivity index is 1.52. The molecular formula is C25H26N6O12S4. The van der Waals surface area contributed by atoms with Crippen molar-refractivity contribution >= 4 is 75.4 Å². The molecule has 0 radical (unpaired) electrons. The first-order valence-electron chi connectivity index (χ1n) is 13.0. The highest BCUT2D eigenvalue weighted by atomic mass is 32.3. The second-order valence-electron chi connectivity index (χ2n) is 9.23. The van der Waals surface area contributed by atoms with Gasteiger partial charge < -0.3 is 16.0 Å². The van der Waals surface area contributed by atoms with Crippen LogP contribution in [0, 0.1) is 0 Å². The number of nitrogens with zero attached hydrogens (tertiary/aromatic N) is 3. The molecule has 0 amide bonds. The second kappa shape index (κ2) is 14.6. The van der Waals surface area contributed by atoms with Crippen LogP contribution in [-0.2, 0) is 48.8 Å². The quantitative estimate of drug-likeness (QED) is 0.103. The molecule has 0 aliphatic rings. The van der Waals surface area contributed by atoms with Gasteiger partial charge >= 0.3 is 20.8 Å². The fourth-order valence-corrected chi connectivity index (χ4v) is 6.65. The van der Waals surface area contributed by atoms with Crippen LogP contribution in [0.1, 0.15) is 0 Å². The zero-order valence-corrected chi connectivity index (χ0v) is 27.1. The molecule has 5 N–H and O–H groups in total. The van der Waals surface area contributed by atoms with E-state index >= 15 is 0 Å². The Labute approximate surface area is 270 Å². The molecule has 0 unspecified atom stereocenters. The van der Waals surface area contributed by atoms with Gasteiger partial charge in [0.1, 0.15) is 0 Å². The third-order valence-electron chi connectivity index (χ3n) is 5.77. The summed E-state index contributed by atoms with van der Waals surface area (Å²) in [7, 11) is -17.5. The van der Waals surface area contributed by atoms with E-state index in [4.69, 9.17) is 9.11 Å². The Morgan fingerprint density at radius 3 is 1.13 bits per heavy atom. The van der Waals surface area contributed by atoms with Gasteiger partial charge in [0, 0.05) is 17.1 Å². The third kappa shape index (κ3) is 11.5. The summed E-state index contributed by atoms with van der Waals surface area (Å²) >= 11 is 0. The molecule has 22 heteroatoms. The Hall–Kier alpha value is -4.29. The predicted molar refractivity (Wildman–Crippen MR) is 168 cm³/mol. The fourth-order valence-electron chi connectivity index (χ4n) is 3.68. The SMILES string of the molecule is O=S(=O)(O)OCCS(=O)(=O)c1ccc(Nc2nc(Nc3ccccc3)nc(Nc3ccc(S(=O)(=O)CCOS(=O)(=O)O)cc3)n2)cc1. The fraction of sp³-hybridized carbons (Fsp3) is 0.160. The summed E-state index contributed by atoms with van der Waals surface area (Å²) < 4.78 is 118. The van der Waals surface area contributed by atoms with E-state index in [1.807, 2.05) is 6.07 Å². The van der Waals surface area contributed by atoms with E-state index in [0.29, 0.717) is 17.1 Å². The van der Waals surface area contributed by atoms with Crippen molar-refractivity contribution in [3.05, 3.63) is 78.9 Å². The normalized spacial score (nSPS) is 12.4. The maximum atomic E-state index is 12.5. The van der Waals surface area contributed by atoms with Gasteiger partial charge in [-0.05, 0) is 60.7 Å². The summed E-state index contributed by atoms with van der Waals surface area (Å²) in [4.78, 5) is 12.7. The Bertz CT molecular complexity index is 2000. The van der Waals surface area contributed by atoms with Crippen molar-refractivity contribution in [2.45, 2.75) is 9.79 Å². The standard InChI is InChI=1S/C25H26N6O12S4/c32-44(33,16-14-42-46(36,37)38)21-10-6-19(7-11-21)27-24-29-23(26-18-4-2-1-3-5-18)30-25(31-24)28-20-8-12-22(13-9-20)45(34,35)17-15-43-47(39,40)41/h1-13H,14-17H2,(H,36,37,38)(H,39,40,41)(H3,26,27,28,29,30,31). The molecule has 18 nitrogen and oxygen atoms in total. The van der Waals surface area contributed by atoms with Crippen molar-refractivity contribution < 1.29 is 51.1 Å². The van der Waals surface area contributed by atoms with Crippen molar-refractivity contribution in [2.24, 2.45) is 0 Å². The third-order valence-corrected chi connectivity index (χ3v) is 10.1. The topological polar surface area (TPSA) is 270 Å². The van der Waals surface area contributed by atoms with Crippen LogP contribution >= 0.6 is 0 Å². The summed E-state index contributed by atoms with van der Waals surface area (Å²) in [5.41, 5.74) is 1.39. The monoisotopic (exact) mass is 730 g/mol. The minimum atomic E-state index is -4.79. The van der Waals surface area contributed by atoms with Gasteiger partial charge in [-0.15, -0.1) is 0 Å². The van der Waals surface area contributed by atoms with Crippen LogP contribution in [0.3, 0.4) is 0 Å². The molecule has 0 fully saturated rings. The lowest BCUT2D eigenvalue weighted by Crippen LogP contribution is -2.15. The summed E-state index contributed by atoms with van der Waals surface area (Å²) in [6, 6.07) is 19.6. The highest BCUT2D eigenvalue weighted by Gasteiger charge is 2.18. The minimum absolute atomic E-state index is 0.0242. The van der Waals surface area contributed by atoms with Crippen molar-refractivity contribution in [3.63, 3.8) is 0 Å². The van der Waals surface area contributed by atoms with Crippen LogP contribution in [0.15, 0.2) is 88.7 Å². The molecule has 3 aromatic carbocycles. The minimum Gasteiger partial charge on any atom is -0.324 e. The van der Waals surface area contributed by atoms with E-state index in [1.54, 1.807) is 24.3 Å². The average Bonchev–Trinajstić information content (AvgIpc) is 2.96. The van der Waals surface area contributed by atoms with E-state index in [2.05, 4.69) is 39.3 Å². The lowest BCUT2D eigenvalue weighted by atomic mass is 10.3. The molecule has 0 bridgehead atoms.